The first kappa shape index (κ1) is 17.1. The predicted molar refractivity (Wildman–Crippen MR) is 90.8 cm³/mol. The number of urea groups is 1. The lowest BCUT2D eigenvalue weighted by Gasteiger charge is -2.30. The Morgan fingerprint density at radius 2 is 1.76 bits per heavy atom. The van der Waals surface area contributed by atoms with Crippen LogP contribution in [0.3, 0.4) is 0 Å². The van der Waals surface area contributed by atoms with Crippen LogP contribution in [0.5, 0.6) is 0 Å². The zero-order valence-electron chi connectivity index (χ0n) is 14.4. The largest absolute Gasteiger partial charge is 0.334 e. The molecule has 2 heterocycles. The number of aryl methyl sites for hydroxylation is 1. The van der Waals surface area contributed by atoms with Crippen molar-refractivity contribution in [3.05, 3.63) is 29.8 Å². The Balaban J connectivity index is 1.77. The second-order valence-corrected chi connectivity index (χ2v) is 6.76. The van der Waals surface area contributed by atoms with E-state index in [9.17, 15) is 19.2 Å². The lowest BCUT2D eigenvalue weighted by molar-refractivity contribution is -0.144. The lowest BCUT2D eigenvalue weighted by atomic mass is 10.0. The van der Waals surface area contributed by atoms with Gasteiger partial charge in [0.25, 0.3) is 0 Å². The number of amides is 5. The molecule has 2 aliphatic heterocycles. The number of anilines is 1. The van der Waals surface area contributed by atoms with E-state index in [1.165, 1.54) is 0 Å². The molecule has 7 heteroatoms. The SMILES string of the molecule is CC(C)CN1C(=O)C(=O)N(CC(=O)N2CCCc3ccccc32)C1=O. The fourth-order valence-electron chi connectivity index (χ4n) is 3.23. The zero-order chi connectivity index (χ0) is 18.1. The first-order valence-electron chi connectivity index (χ1n) is 8.45. The third-order valence-corrected chi connectivity index (χ3v) is 4.39. The van der Waals surface area contributed by atoms with Crippen molar-refractivity contribution in [3.8, 4) is 0 Å². The summed E-state index contributed by atoms with van der Waals surface area (Å²) in [5, 5.41) is 0. The minimum Gasteiger partial charge on any atom is -0.311 e. The lowest BCUT2D eigenvalue weighted by Crippen LogP contribution is -2.45. The molecule has 0 aliphatic carbocycles. The van der Waals surface area contributed by atoms with Crippen LogP contribution in [-0.2, 0) is 20.8 Å². The maximum Gasteiger partial charge on any atom is 0.334 e. The fraction of sp³-hybridized carbons (Fsp3) is 0.444. The van der Waals surface area contributed by atoms with Crippen LogP contribution in [0.25, 0.3) is 0 Å². The maximum atomic E-state index is 12.7. The topological polar surface area (TPSA) is 78.0 Å². The van der Waals surface area contributed by atoms with E-state index in [0.29, 0.717) is 6.54 Å². The number of hydrogen-bond acceptors (Lipinski definition) is 4. The van der Waals surface area contributed by atoms with Gasteiger partial charge in [0.15, 0.2) is 0 Å². The van der Waals surface area contributed by atoms with Crippen LogP contribution in [-0.4, -0.2) is 53.2 Å². The highest BCUT2D eigenvalue weighted by Crippen LogP contribution is 2.27. The monoisotopic (exact) mass is 343 g/mol. The molecule has 7 nitrogen and oxygen atoms in total. The summed E-state index contributed by atoms with van der Waals surface area (Å²) in [6, 6.07) is 6.89. The zero-order valence-corrected chi connectivity index (χ0v) is 14.4. The predicted octanol–water partition coefficient (Wildman–Crippen LogP) is 1.41. The van der Waals surface area contributed by atoms with Gasteiger partial charge in [0.05, 0.1) is 0 Å². The van der Waals surface area contributed by atoms with Gasteiger partial charge in [0.1, 0.15) is 6.54 Å². The summed E-state index contributed by atoms with van der Waals surface area (Å²) in [5.74, 6) is -2.09. The average molecular weight is 343 g/mol. The molecule has 25 heavy (non-hydrogen) atoms. The van der Waals surface area contributed by atoms with Crippen molar-refractivity contribution in [1.82, 2.24) is 9.80 Å². The molecule has 1 saturated heterocycles. The summed E-state index contributed by atoms with van der Waals surface area (Å²) >= 11 is 0. The smallest absolute Gasteiger partial charge is 0.311 e. The number of para-hydroxylation sites is 1. The molecule has 2 aliphatic rings. The quantitative estimate of drug-likeness (QED) is 0.612. The molecule has 0 bridgehead atoms. The van der Waals surface area contributed by atoms with Crippen molar-refractivity contribution in [3.63, 3.8) is 0 Å². The van der Waals surface area contributed by atoms with Gasteiger partial charge in [-0.25, -0.2) is 9.69 Å². The molecule has 0 radical (unpaired) electrons. The normalized spacial score (nSPS) is 17.6. The van der Waals surface area contributed by atoms with E-state index in [4.69, 9.17) is 0 Å². The standard InChI is InChI=1S/C18H21N3O4/c1-12(2)10-20-16(23)17(24)21(18(20)25)11-15(22)19-9-5-7-13-6-3-4-8-14(13)19/h3-4,6,8,12H,5,7,9-11H2,1-2H3. The molecule has 1 aromatic rings. The van der Waals surface area contributed by atoms with Crippen molar-refractivity contribution in [2.24, 2.45) is 5.92 Å². The van der Waals surface area contributed by atoms with Gasteiger partial charge >= 0.3 is 17.8 Å². The first-order valence-corrected chi connectivity index (χ1v) is 8.45. The molecule has 0 aromatic heterocycles. The summed E-state index contributed by atoms with van der Waals surface area (Å²) in [7, 11) is 0. The molecule has 5 amide bonds. The van der Waals surface area contributed by atoms with E-state index in [0.717, 1.165) is 33.9 Å². The number of carbonyl (C=O) groups is 4. The third kappa shape index (κ3) is 3.14. The number of hydrogen-bond donors (Lipinski definition) is 0. The van der Waals surface area contributed by atoms with Gasteiger partial charge in [0.2, 0.25) is 5.91 Å². The molecule has 1 aromatic carbocycles. The van der Waals surface area contributed by atoms with Crippen LogP contribution in [0.1, 0.15) is 25.8 Å². The van der Waals surface area contributed by atoms with Crippen molar-refractivity contribution in [2.75, 3.05) is 24.5 Å². The number of benzene rings is 1. The van der Waals surface area contributed by atoms with Gasteiger partial charge in [0, 0.05) is 18.8 Å². The second-order valence-electron chi connectivity index (χ2n) is 6.76. The fourth-order valence-corrected chi connectivity index (χ4v) is 3.23. The number of fused-ring (bicyclic) bond motifs is 1. The van der Waals surface area contributed by atoms with E-state index >= 15 is 0 Å². The number of imide groups is 2. The molecular weight excluding hydrogens is 322 g/mol. The number of rotatable bonds is 4. The van der Waals surface area contributed by atoms with Crippen LogP contribution in [0, 0.1) is 5.92 Å². The van der Waals surface area contributed by atoms with Crippen molar-refractivity contribution < 1.29 is 19.2 Å². The number of carbonyl (C=O) groups excluding carboxylic acids is 4. The molecule has 132 valence electrons. The molecule has 0 saturated carbocycles. The van der Waals surface area contributed by atoms with Gasteiger partial charge < -0.3 is 4.90 Å². The van der Waals surface area contributed by atoms with E-state index in [1.54, 1.807) is 4.90 Å². The van der Waals surface area contributed by atoms with Gasteiger partial charge in [-0.15, -0.1) is 0 Å². The Labute approximate surface area is 146 Å². The summed E-state index contributed by atoms with van der Waals surface area (Å²) in [6.07, 6.45) is 1.71. The van der Waals surface area contributed by atoms with Crippen molar-refractivity contribution >= 4 is 29.4 Å². The van der Waals surface area contributed by atoms with Crippen LogP contribution < -0.4 is 4.90 Å². The molecule has 0 atom stereocenters. The summed E-state index contributed by atoms with van der Waals surface area (Å²) in [6.45, 7) is 4.00. The minimum atomic E-state index is -0.927. The Morgan fingerprint density at radius 3 is 2.48 bits per heavy atom. The van der Waals surface area contributed by atoms with E-state index < -0.39 is 24.4 Å². The van der Waals surface area contributed by atoms with Crippen LogP contribution in [0.2, 0.25) is 0 Å². The Bertz CT molecular complexity index is 744. The highest BCUT2D eigenvalue weighted by molar-refractivity contribution is 6.45. The van der Waals surface area contributed by atoms with Crippen LogP contribution in [0.15, 0.2) is 24.3 Å². The molecule has 0 N–H and O–H groups in total. The number of nitrogens with zero attached hydrogens (tertiary/aromatic N) is 3. The van der Waals surface area contributed by atoms with Crippen LogP contribution >= 0.6 is 0 Å². The van der Waals surface area contributed by atoms with Gasteiger partial charge in [-0.05, 0) is 30.4 Å². The molecule has 1 fully saturated rings. The van der Waals surface area contributed by atoms with E-state index in [1.807, 2.05) is 38.1 Å². The molecular formula is C18H21N3O4. The molecule has 0 spiro atoms. The van der Waals surface area contributed by atoms with E-state index in [2.05, 4.69) is 0 Å². The van der Waals surface area contributed by atoms with Gasteiger partial charge in [-0.1, -0.05) is 32.0 Å². The summed E-state index contributed by atoms with van der Waals surface area (Å²) in [5.41, 5.74) is 1.88. The molecule has 3 rings (SSSR count). The Hall–Kier alpha value is -2.70. The van der Waals surface area contributed by atoms with E-state index in [-0.39, 0.29) is 18.4 Å². The van der Waals surface area contributed by atoms with Gasteiger partial charge in [-0.2, -0.15) is 0 Å². The summed E-state index contributed by atoms with van der Waals surface area (Å²) in [4.78, 5) is 52.4. The van der Waals surface area contributed by atoms with Crippen LogP contribution in [0.4, 0.5) is 10.5 Å². The second kappa shape index (κ2) is 6.66. The van der Waals surface area contributed by atoms with Crippen molar-refractivity contribution in [1.29, 1.82) is 0 Å². The average Bonchev–Trinajstić information content (AvgIpc) is 2.79. The highest BCUT2D eigenvalue weighted by atomic mass is 16.2. The minimum absolute atomic E-state index is 0.0466. The highest BCUT2D eigenvalue weighted by Gasteiger charge is 2.45. The first-order chi connectivity index (χ1) is 11.9. The Kier molecular flexibility index (Phi) is 4.57. The summed E-state index contributed by atoms with van der Waals surface area (Å²) < 4.78 is 0. The van der Waals surface area contributed by atoms with Crippen molar-refractivity contribution in [2.45, 2.75) is 26.7 Å². The third-order valence-electron chi connectivity index (χ3n) is 4.39. The Morgan fingerprint density at radius 1 is 1.08 bits per heavy atom. The molecule has 0 unspecified atom stereocenters. The van der Waals surface area contributed by atoms with Gasteiger partial charge in [-0.3, -0.25) is 19.3 Å². The maximum absolute atomic E-state index is 12.7.